The summed E-state index contributed by atoms with van der Waals surface area (Å²) in [5, 5.41) is 17.0. The molecule has 0 aliphatic carbocycles. The predicted molar refractivity (Wildman–Crippen MR) is 126 cm³/mol. The fourth-order valence-corrected chi connectivity index (χ4v) is 5.17. The Morgan fingerprint density at radius 2 is 2.00 bits per heavy atom. The molecule has 1 unspecified atom stereocenters. The van der Waals surface area contributed by atoms with Crippen molar-refractivity contribution in [2.75, 3.05) is 19.7 Å². The Labute approximate surface area is 198 Å². The number of likely N-dealkylation sites (tertiary alicyclic amines) is 1. The third-order valence-electron chi connectivity index (χ3n) is 6.67. The van der Waals surface area contributed by atoms with E-state index < -0.39 is 27.6 Å². The van der Waals surface area contributed by atoms with E-state index in [0.717, 1.165) is 24.0 Å². The second-order valence-corrected chi connectivity index (χ2v) is 12.1. The van der Waals surface area contributed by atoms with Gasteiger partial charge in [-0.05, 0) is 82.9 Å². The van der Waals surface area contributed by atoms with E-state index in [9.17, 15) is 14.1 Å². The highest BCUT2D eigenvalue weighted by atomic mass is 35.5. The van der Waals surface area contributed by atoms with Crippen LogP contribution in [0.3, 0.4) is 0 Å². The molecule has 2 heterocycles. The van der Waals surface area contributed by atoms with Crippen molar-refractivity contribution >= 4 is 28.5 Å². The van der Waals surface area contributed by atoms with E-state index in [1.165, 1.54) is 0 Å². The molecule has 0 bridgehead atoms. The molecule has 180 valence electrons. The normalized spacial score (nSPS) is 23.8. The van der Waals surface area contributed by atoms with Gasteiger partial charge in [0.1, 0.15) is 5.75 Å². The smallest absolute Gasteiger partial charge is 0.254 e. The average molecular weight is 487 g/mol. The van der Waals surface area contributed by atoms with Crippen LogP contribution in [-0.2, 0) is 25.3 Å². The number of phenols is 1. The molecule has 0 radical (unpaired) electrons. The Hall–Kier alpha value is -1.19. The number of hydrogen-bond donors (Lipinski definition) is 2. The van der Waals surface area contributed by atoms with Gasteiger partial charge < -0.3 is 19.5 Å². The van der Waals surface area contributed by atoms with Gasteiger partial charge in [0, 0.05) is 18.1 Å². The predicted octanol–water partition coefficient (Wildman–Crippen LogP) is 3.62. The van der Waals surface area contributed by atoms with Gasteiger partial charge in [0.2, 0.25) is 0 Å². The first-order valence-corrected chi connectivity index (χ1v) is 12.7. The number of carbonyl (C=O) groups excluding carboxylic acids is 1. The summed E-state index contributed by atoms with van der Waals surface area (Å²) in [6, 6.07) is 3.49. The molecule has 32 heavy (non-hydrogen) atoms. The summed E-state index contributed by atoms with van der Waals surface area (Å²) in [6.45, 7) is 10.7. The lowest BCUT2D eigenvalue weighted by atomic mass is 9.75. The Balaban J connectivity index is 1.78. The largest absolute Gasteiger partial charge is 0.508 e. The van der Waals surface area contributed by atoms with Crippen LogP contribution in [0, 0.1) is 12.8 Å². The van der Waals surface area contributed by atoms with Gasteiger partial charge in [-0.2, -0.15) is 0 Å². The summed E-state index contributed by atoms with van der Waals surface area (Å²) in [5.74, 6) is -0.501. The molecule has 0 saturated carbocycles. The average Bonchev–Trinajstić information content (AvgIpc) is 3.08. The van der Waals surface area contributed by atoms with E-state index in [-0.39, 0.29) is 30.1 Å². The maximum absolute atomic E-state index is 12.9. The van der Waals surface area contributed by atoms with Crippen LogP contribution in [0.25, 0.3) is 0 Å². The van der Waals surface area contributed by atoms with Gasteiger partial charge in [0.05, 0.1) is 22.3 Å². The van der Waals surface area contributed by atoms with Crippen molar-refractivity contribution in [2.24, 2.45) is 11.1 Å². The van der Waals surface area contributed by atoms with Gasteiger partial charge in [-0.25, -0.2) is 4.21 Å². The number of hydrogen-bond acceptors (Lipinski definition) is 5. The number of rotatable bonds is 6. The van der Waals surface area contributed by atoms with Crippen LogP contribution in [0.4, 0.5) is 0 Å². The van der Waals surface area contributed by atoms with E-state index in [4.69, 9.17) is 26.2 Å². The first-order chi connectivity index (χ1) is 14.8. The molecule has 2 aliphatic rings. The topological polar surface area (TPSA) is 102 Å². The molecule has 7 nitrogen and oxygen atoms in total. The van der Waals surface area contributed by atoms with Crippen molar-refractivity contribution in [1.29, 1.82) is 0 Å². The Morgan fingerprint density at radius 3 is 2.53 bits per heavy atom. The zero-order valence-electron chi connectivity index (χ0n) is 19.5. The number of piperidine rings is 1. The third-order valence-corrected chi connectivity index (χ3v) is 8.33. The standard InChI is InChI=1S/C23H35ClN2O5S/c1-14-10-16(19(27)11-18(14)24)17(12-22(2,3)32(25)29)15-6-8-26(9-7-15)21(28)20-13-30-23(4,5)31-20/h10-11,15,17,20,27H,6-9,12-13,25H2,1-5H3/t17-,20-,32?/m1/s1. The van der Waals surface area contributed by atoms with Gasteiger partial charge in [-0.15, -0.1) is 0 Å². The Bertz CT molecular complexity index is 883. The first-order valence-electron chi connectivity index (χ1n) is 11.1. The zero-order valence-corrected chi connectivity index (χ0v) is 21.1. The van der Waals surface area contributed by atoms with Crippen molar-refractivity contribution in [1.82, 2.24) is 4.90 Å². The molecule has 2 aliphatic heterocycles. The zero-order chi connectivity index (χ0) is 23.8. The molecule has 3 rings (SSSR count). The van der Waals surface area contributed by atoms with E-state index in [0.29, 0.717) is 24.5 Å². The minimum atomic E-state index is -1.52. The van der Waals surface area contributed by atoms with Crippen LogP contribution >= 0.6 is 11.6 Å². The van der Waals surface area contributed by atoms with Gasteiger partial charge in [-0.1, -0.05) is 17.7 Å². The molecular weight excluding hydrogens is 452 g/mol. The van der Waals surface area contributed by atoms with Crippen molar-refractivity contribution < 1.29 is 23.6 Å². The van der Waals surface area contributed by atoms with E-state index in [2.05, 4.69) is 0 Å². The van der Waals surface area contributed by atoms with Gasteiger partial charge in [0.15, 0.2) is 11.9 Å². The molecule has 1 aromatic carbocycles. The number of halogens is 1. The summed E-state index contributed by atoms with van der Waals surface area (Å²) >= 11 is 6.20. The van der Waals surface area contributed by atoms with Gasteiger partial charge in [0.25, 0.3) is 5.91 Å². The third kappa shape index (κ3) is 5.65. The number of phenolic OH excluding ortho intramolecular Hbond substituents is 1. The fraction of sp³-hybridized carbons (Fsp3) is 0.696. The molecule has 3 N–H and O–H groups in total. The second-order valence-electron chi connectivity index (χ2n) is 10.0. The van der Waals surface area contributed by atoms with Gasteiger partial charge in [-0.3, -0.25) is 9.93 Å². The van der Waals surface area contributed by atoms with Crippen LogP contribution in [0.2, 0.25) is 5.02 Å². The number of nitrogens with two attached hydrogens (primary N) is 1. The lowest BCUT2D eigenvalue weighted by Crippen LogP contribution is -2.46. The molecule has 1 amide bonds. The molecule has 0 aromatic heterocycles. The Kier molecular flexibility index (Phi) is 7.62. The highest BCUT2D eigenvalue weighted by Crippen LogP contribution is 2.44. The van der Waals surface area contributed by atoms with Crippen LogP contribution in [0.15, 0.2) is 12.1 Å². The van der Waals surface area contributed by atoms with Crippen LogP contribution in [0.5, 0.6) is 5.75 Å². The van der Waals surface area contributed by atoms with Crippen molar-refractivity contribution in [3.63, 3.8) is 0 Å². The molecule has 9 heteroatoms. The number of aromatic hydroxyl groups is 1. The molecular formula is C23H35ClN2O5S. The van der Waals surface area contributed by atoms with Crippen molar-refractivity contribution in [2.45, 2.75) is 76.4 Å². The quantitative estimate of drug-likeness (QED) is 0.639. The SMILES string of the molecule is Cc1cc([C@H](CC(C)(C)S(N)=O)C2CCN(C(=O)[C@H]3COC(C)(C)O3)CC2)c(O)cc1Cl. The molecule has 1 aromatic rings. The summed E-state index contributed by atoms with van der Waals surface area (Å²) in [6.07, 6.45) is 1.51. The van der Waals surface area contributed by atoms with Crippen LogP contribution in [0.1, 0.15) is 64.0 Å². The summed E-state index contributed by atoms with van der Waals surface area (Å²) in [5.41, 5.74) is 1.68. The van der Waals surface area contributed by atoms with Gasteiger partial charge >= 0.3 is 0 Å². The lowest BCUT2D eigenvalue weighted by Gasteiger charge is -2.39. The molecule has 2 saturated heterocycles. The van der Waals surface area contributed by atoms with E-state index in [1.807, 2.05) is 31.7 Å². The number of aryl methyl sites for hydroxylation is 1. The highest BCUT2D eigenvalue weighted by Gasteiger charge is 2.41. The van der Waals surface area contributed by atoms with Crippen molar-refractivity contribution in [3.8, 4) is 5.75 Å². The fourth-order valence-electron chi connectivity index (χ4n) is 4.67. The molecule has 0 spiro atoms. The number of carbonyl (C=O) groups is 1. The number of benzene rings is 1. The second kappa shape index (κ2) is 9.58. The minimum Gasteiger partial charge on any atom is -0.508 e. The summed E-state index contributed by atoms with van der Waals surface area (Å²) < 4.78 is 22.8. The Morgan fingerprint density at radius 1 is 1.38 bits per heavy atom. The monoisotopic (exact) mass is 486 g/mol. The van der Waals surface area contributed by atoms with Crippen LogP contribution in [-0.4, -0.2) is 56.5 Å². The highest BCUT2D eigenvalue weighted by molar-refractivity contribution is 7.84. The summed E-state index contributed by atoms with van der Waals surface area (Å²) in [7, 11) is -1.52. The maximum atomic E-state index is 12.9. The number of nitrogens with zero attached hydrogens (tertiary/aromatic N) is 1. The van der Waals surface area contributed by atoms with Crippen molar-refractivity contribution in [3.05, 3.63) is 28.3 Å². The first kappa shape index (κ1) is 25.4. The summed E-state index contributed by atoms with van der Waals surface area (Å²) in [4.78, 5) is 14.7. The number of ether oxygens (including phenoxy) is 2. The van der Waals surface area contributed by atoms with E-state index in [1.54, 1.807) is 19.9 Å². The molecule has 2 fully saturated rings. The maximum Gasteiger partial charge on any atom is 0.254 e. The lowest BCUT2D eigenvalue weighted by molar-refractivity contribution is -0.161. The molecule has 3 atom stereocenters. The van der Waals surface area contributed by atoms with Crippen LogP contribution < -0.4 is 5.14 Å². The van der Waals surface area contributed by atoms with E-state index >= 15 is 0 Å². The number of amides is 1. The minimum absolute atomic E-state index is 0.0425.